The number of rotatable bonds is 2. The third-order valence-corrected chi connectivity index (χ3v) is 4.87. The maximum atomic E-state index is 12.2. The number of hydrogen-bond acceptors (Lipinski definition) is 5. The predicted octanol–water partition coefficient (Wildman–Crippen LogP) is 1.14. The van der Waals surface area contributed by atoms with E-state index in [0.717, 1.165) is 18.1 Å². The zero-order valence-corrected chi connectivity index (χ0v) is 12.2. The molecule has 4 heterocycles. The Hall–Kier alpha value is -1.86. The first-order chi connectivity index (χ1) is 10.1. The predicted molar refractivity (Wildman–Crippen MR) is 76.8 cm³/mol. The van der Waals surface area contributed by atoms with E-state index in [2.05, 4.69) is 9.55 Å². The highest BCUT2D eigenvalue weighted by atomic mass is 32.2. The van der Waals surface area contributed by atoms with E-state index in [-0.39, 0.29) is 17.1 Å². The molecule has 0 spiro atoms. The van der Waals surface area contributed by atoms with Crippen LogP contribution in [0.3, 0.4) is 0 Å². The number of hydrogen-bond donors (Lipinski definition) is 0. The summed E-state index contributed by atoms with van der Waals surface area (Å²) in [7, 11) is 0. The number of imidazole rings is 1. The van der Waals surface area contributed by atoms with E-state index < -0.39 is 0 Å². The van der Waals surface area contributed by atoms with Crippen LogP contribution in [0.1, 0.15) is 18.4 Å². The van der Waals surface area contributed by atoms with Gasteiger partial charge >= 0.3 is 0 Å². The number of thioether (sulfide) groups is 1. The van der Waals surface area contributed by atoms with E-state index >= 15 is 0 Å². The van der Waals surface area contributed by atoms with Gasteiger partial charge in [0, 0.05) is 25.1 Å². The van der Waals surface area contributed by atoms with Crippen LogP contribution in [0.2, 0.25) is 0 Å². The van der Waals surface area contributed by atoms with Crippen molar-refractivity contribution in [2.45, 2.75) is 25.4 Å². The molecule has 0 bridgehead atoms. The SMILES string of the molecule is CC(=O)C1=CS[C@@H]2/C(=C\c3cn4c(n3)COCC4)C(=O)N12. The van der Waals surface area contributed by atoms with Crippen molar-refractivity contribution < 1.29 is 14.3 Å². The molecular formula is C14H13N3O3S. The Labute approximate surface area is 125 Å². The largest absolute Gasteiger partial charge is 0.372 e. The summed E-state index contributed by atoms with van der Waals surface area (Å²) >= 11 is 1.49. The molecular weight excluding hydrogens is 290 g/mol. The summed E-state index contributed by atoms with van der Waals surface area (Å²) in [6.45, 7) is 3.47. The molecule has 3 aliphatic rings. The van der Waals surface area contributed by atoms with Crippen molar-refractivity contribution in [2.24, 2.45) is 0 Å². The van der Waals surface area contributed by atoms with Crippen LogP contribution in [0, 0.1) is 0 Å². The third-order valence-electron chi connectivity index (χ3n) is 3.78. The minimum Gasteiger partial charge on any atom is -0.372 e. The first-order valence-electron chi connectivity index (χ1n) is 6.70. The Morgan fingerprint density at radius 2 is 2.43 bits per heavy atom. The second-order valence-corrected chi connectivity index (χ2v) is 6.10. The molecule has 1 aromatic rings. The van der Waals surface area contributed by atoms with Crippen LogP contribution >= 0.6 is 11.8 Å². The molecule has 6 nitrogen and oxygen atoms in total. The molecule has 1 aromatic heterocycles. The molecule has 1 fully saturated rings. The lowest BCUT2D eigenvalue weighted by molar-refractivity contribution is -0.133. The van der Waals surface area contributed by atoms with Gasteiger partial charge in [0.2, 0.25) is 0 Å². The van der Waals surface area contributed by atoms with Crippen LogP contribution in [0.15, 0.2) is 22.9 Å². The van der Waals surface area contributed by atoms with Crippen molar-refractivity contribution in [3.05, 3.63) is 34.4 Å². The van der Waals surface area contributed by atoms with Crippen LogP contribution in [-0.4, -0.2) is 38.1 Å². The fourth-order valence-corrected chi connectivity index (χ4v) is 3.89. The number of nitrogens with zero attached hydrogens (tertiary/aromatic N) is 3. The summed E-state index contributed by atoms with van der Waals surface area (Å²) in [5, 5.41) is 1.68. The van der Waals surface area contributed by atoms with Crippen molar-refractivity contribution in [2.75, 3.05) is 6.61 Å². The van der Waals surface area contributed by atoms with E-state index in [0.29, 0.717) is 24.5 Å². The Kier molecular flexibility index (Phi) is 2.80. The number of amides is 1. The summed E-state index contributed by atoms with van der Waals surface area (Å²) in [4.78, 5) is 29.7. The molecule has 1 saturated heterocycles. The molecule has 0 saturated carbocycles. The third kappa shape index (κ3) is 1.88. The molecule has 0 unspecified atom stereocenters. The lowest BCUT2D eigenvalue weighted by atomic mass is 10.0. The zero-order valence-electron chi connectivity index (χ0n) is 11.4. The number of fused-ring (bicyclic) bond motifs is 2. The maximum Gasteiger partial charge on any atom is 0.258 e. The Balaban J connectivity index is 1.60. The Morgan fingerprint density at radius 3 is 3.19 bits per heavy atom. The van der Waals surface area contributed by atoms with E-state index in [4.69, 9.17) is 4.74 Å². The van der Waals surface area contributed by atoms with Crippen LogP contribution in [-0.2, 0) is 27.5 Å². The summed E-state index contributed by atoms with van der Waals surface area (Å²) in [5.41, 5.74) is 1.96. The topological polar surface area (TPSA) is 64.4 Å². The van der Waals surface area contributed by atoms with Crippen molar-refractivity contribution in [3.8, 4) is 0 Å². The van der Waals surface area contributed by atoms with Gasteiger partial charge in [-0.1, -0.05) is 0 Å². The zero-order chi connectivity index (χ0) is 14.6. The maximum absolute atomic E-state index is 12.2. The molecule has 4 rings (SSSR count). The van der Waals surface area contributed by atoms with Crippen LogP contribution in [0.25, 0.3) is 6.08 Å². The number of carbonyl (C=O) groups excluding carboxylic acids is 2. The van der Waals surface area contributed by atoms with Gasteiger partial charge in [-0.15, -0.1) is 11.8 Å². The molecule has 21 heavy (non-hydrogen) atoms. The minimum atomic E-state index is -0.103. The second-order valence-electron chi connectivity index (χ2n) is 5.15. The average molecular weight is 303 g/mol. The van der Waals surface area contributed by atoms with Gasteiger partial charge in [-0.2, -0.15) is 0 Å². The smallest absolute Gasteiger partial charge is 0.258 e. The van der Waals surface area contributed by atoms with E-state index in [1.165, 1.54) is 18.7 Å². The average Bonchev–Trinajstić information content (AvgIpc) is 3.05. The molecule has 0 aliphatic carbocycles. The molecule has 108 valence electrons. The molecule has 1 atom stereocenters. The van der Waals surface area contributed by atoms with Crippen molar-refractivity contribution in [3.63, 3.8) is 0 Å². The molecule has 7 heteroatoms. The fourth-order valence-electron chi connectivity index (χ4n) is 2.71. The summed E-state index contributed by atoms with van der Waals surface area (Å²) < 4.78 is 7.41. The molecule has 0 radical (unpaired) electrons. The number of carbonyl (C=O) groups is 2. The summed E-state index contributed by atoms with van der Waals surface area (Å²) in [6, 6.07) is 0. The van der Waals surface area contributed by atoms with Gasteiger partial charge in [0.15, 0.2) is 5.78 Å². The molecule has 3 aliphatic heterocycles. The number of aromatic nitrogens is 2. The summed E-state index contributed by atoms with van der Waals surface area (Å²) in [6.07, 6.45) is 3.76. The number of β-lactam (4-membered cyclic amide) rings is 1. The molecule has 0 N–H and O–H groups in total. The van der Waals surface area contributed by atoms with E-state index in [1.54, 1.807) is 10.3 Å². The first-order valence-corrected chi connectivity index (χ1v) is 7.65. The van der Waals surface area contributed by atoms with Crippen LogP contribution in [0.5, 0.6) is 0 Å². The highest BCUT2D eigenvalue weighted by Gasteiger charge is 2.48. The van der Waals surface area contributed by atoms with Crippen LogP contribution < -0.4 is 0 Å². The first kappa shape index (κ1) is 12.8. The molecule has 0 aromatic carbocycles. The lowest BCUT2D eigenvalue weighted by Crippen LogP contribution is -2.50. The van der Waals surface area contributed by atoms with Gasteiger partial charge in [-0.3, -0.25) is 14.5 Å². The van der Waals surface area contributed by atoms with Gasteiger partial charge in [0.25, 0.3) is 5.91 Å². The van der Waals surface area contributed by atoms with Crippen molar-refractivity contribution in [1.29, 1.82) is 0 Å². The quantitative estimate of drug-likeness (QED) is 0.605. The Bertz CT molecular complexity index is 696. The standard InChI is InChI=1S/C14H13N3O3S/c1-8(18)11-7-21-14-10(13(19)17(11)14)4-9-5-16-2-3-20-6-12(16)15-9/h4-5,7,14H,2-3,6H2,1H3/b10-4-/t14-/m1/s1. The summed E-state index contributed by atoms with van der Waals surface area (Å²) in [5.74, 6) is 0.707. The normalized spacial score (nSPS) is 25.5. The minimum absolute atomic E-state index is 0.0768. The van der Waals surface area contributed by atoms with E-state index in [1.807, 2.05) is 12.3 Å². The van der Waals surface area contributed by atoms with Gasteiger partial charge < -0.3 is 9.30 Å². The Morgan fingerprint density at radius 1 is 1.57 bits per heavy atom. The number of allylic oxidation sites excluding steroid dienone is 1. The van der Waals surface area contributed by atoms with Gasteiger partial charge in [0.1, 0.15) is 17.8 Å². The van der Waals surface area contributed by atoms with Gasteiger partial charge in [-0.05, 0) is 6.08 Å². The van der Waals surface area contributed by atoms with E-state index in [9.17, 15) is 9.59 Å². The lowest BCUT2D eigenvalue weighted by Gasteiger charge is -2.37. The second kappa shape index (κ2) is 4.57. The van der Waals surface area contributed by atoms with Crippen LogP contribution in [0.4, 0.5) is 0 Å². The number of ketones is 1. The van der Waals surface area contributed by atoms with Crippen molar-refractivity contribution >= 4 is 29.5 Å². The highest BCUT2D eigenvalue weighted by molar-refractivity contribution is 8.03. The van der Waals surface area contributed by atoms with Gasteiger partial charge in [0.05, 0.1) is 23.6 Å². The fraction of sp³-hybridized carbons (Fsp3) is 0.357. The number of ether oxygens (including phenoxy) is 1. The van der Waals surface area contributed by atoms with Gasteiger partial charge in [-0.25, -0.2) is 4.98 Å². The highest BCUT2D eigenvalue weighted by Crippen LogP contribution is 2.45. The van der Waals surface area contributed by atoms with Crippen molar-refractivity contribution in [1.82, 2.24) is 14.5 Å². The molecule has 1 amide bonds. The number of Topliss-reactive ketones (excluding diaryl/α,β-unsaturated/α-hetero) is 1. The monoisotopic (exact) mass is 303 g/mol.